The Kier molecular flexibility index (Phi) is 5.26. The van der Waals surface area contributed by atoms with E-state index in [2.05, 4.69) is 16.3 Å². The highest BCUT2D eigenvalue weighted by Gasteiger charge is 2.22. The lowest BCUT2D eigenvalue weighted by molar-refractivity contribution is 0.0941. The number of benzene rings is 2. The fourth-order valence-electron chi connectivity index (χ4n) is 3.41. The van der Waals surface area contributed by atoms with E-state index in [1.165, 1.54) is 0 Å². The topological polar surface area (TPSA) is 75.4 Å². The van der Waals surface area contributed by atoms with Crippen molar-refractivity contribution >= 4 is 17.5 Å². The fraction of sp³-hybridized carbons (Fsp3) is 0.333. The molecule has 5 nitrogen and oxygen atoms in total. The van der Waals surface area contributed by atoms with Crippen LogP contribution in [-0.4, -0.2) is 24.4 Å². The molecule has 0 unspecified atom stereocenters. The molecule has 0 aromatic heterocycles. The van der Waals surface area contributed by atoms with Gasteiger partial charge in [-0.25, -0.2) is 0 Å². The first-order valence-corrected chi connectivity index (χ1v) is 9.02. The van der Waals surface area contributed by atoms with Crippen molar-refractivity contribution in [3.8, 4) is 0 Å². The summed E-state index contributed by atoms with van der Waals surface area (Å²) in [5.74, 6) is -0.426. The number of fused-ring (bicyclic) bond motifs is 1. The zero-order chi connectivity index (χ0) is 18.7. The van der Waals surface area contributed by atoms with Gasteiger partial charge in [-0.15, -0.1) is 0 Å². The van der Waals surface area contributed by atoms with Crippen molar-refractivity contribution in [1.29, 1.82) is 0 Å². The summed E-state index contributed by atoms with van der Waals surface area (Å²) in [7, 11) is 0. The highest BCUT2D eigenvalue weighted by Crippen LogP contribution is 2.31. The van der Waals surface area contributed by atoms with E-state index in [-0.39, 0.29) is 11.9 Å². The summed E-state index contributed by atoms with van der Waals surface area (Å²) >= 11 is 0. The van der Waals surface area contributed by atoms with E-state index >= 15 is 0 Å². The van der Waals surface area contributed by atoms with Gasteiger partial charge < -0.3 is 16.0 Å². The zero-order valence-electron chi connectivity index (χ0n) is 15.3. The maximum Gasteiger partial charge on any atom is 0.251 e. The Morgan fingerprint density at radius 3 is 2.54 bits per heavy atom. The molecule has 3 N–H and O–H groups in total. The van der Waals surface area contributed by atoms with E-state index in [4.69, 9.17) is 5.73 Å². The molecule has 0 saturated heterocycles. The third-order valence-corrected chi connectivity index (χ3v) is 4.62. The highest BCUT2D eigenvalue weighted by molar-refractivity contribution is 5.97. The van der Waals surface area contributed by atoms with Crippen molar-refractivity contribution in [3.05, 3.63) is 64.7 Å². The summed E-state index contributed by atoms with van der Waals surface area (Å²) in [5, 5.41) is 2.99. The second-order valence-corrected chi connectivity index (χ2v) is 7.02. The number of nitrogens with zero attached hydrogens (tertiary/aromatic N) is 1. The van der Waals surface area contributed by atoms with Crippen LogP contribution in [0.2, 0.25) is 0 Å². The third-order valence-electron chi connectivity index (χ3n) is 4.62. The molecule has 26 heavy (non-hydrogen) atoms. The molecule has 2 amide bonds. The maximum absolute atomic E-state index is 12.5. The predicted molar refractivity (Wildman–Crippen MR) is 103 cm³/mol. The molecule has 2 aromatic carbocycles. The number of nitrogens with two attached hydrogens (primary N) is 1. The van der Waals surface area contributed by atoms with Gasteiger partial charge in [0.1, 0.15) is 0 Å². The van der Waals surface area contributed by atoms with Gasteiger partial charge >= 0.3 is 0 Å². The molecule has 0 atom stereocenters. The number of anilines is 1. The minimum atomic E-state index is -0.416. The number of nitrogens with one attached hydrogen (secondary N) is 1. The van der Waals surface area contributed by atoms with Gasteiger partial charge in [-0.1, -0.05) is 18.2 Å². The number of rotatable bonds is 5. The van der Waals surface area contributed by atoms with E-state index in [0.717, 1.165) is 48.3 Å². The van der Waals surface area contributed by atoms with Crippen LogP contribution in [0.5, 0.6) is 0 Å². The Morgan fingerprint density at radius 2 is 1.88 bits per heavy atom. The average molecular weight is 351 g/mol. The van der Waals surface area contributed by atoms with Crippen molar-refractivity contribution < 1.29 is 9.59 Å². The number of carbonyl (C=O) groups is 2. The zero-order valence-corrected chi connectivity index (χ0v) is 15.3. The van der Waals surface area contributed by atoms with E-state index in [1.54, 1.807) is 12.1 Å². The molecule has 136 valence electrons. The van der Waals surface area contributed by atoms with Gasteiger partial charge in [0.15, 0.2) is 0 Å². The Balaban J connectivity index is 1.84. The maximum atomic E-state index is 12.5. The van der Waals surface area contributed by atoms with E-state index in [1.807, 2.05) is 38.1 Å². The number of hydrogen-bond acceptors (Lipinski definition) is 3. The van der Waals surface area contributed by atoms with Gasteiger partial charge in [-0.3, -0.25) is 9.59 Å². The van der Waals surface area contributed by atoms with Gasteiger partial charge in [0.25, 0.3) is 5.91 Å². The smallest absolute Gasteiger partial charge is 0.251 e. The Bertz CT molecular complexity index is 813. The molecule has 0 radical (unpaired) electrons. The van der Waals surface area contributed by atoms with E-state index in [0.29, 0.717) is 5.56 Å². The SMILES string of the molecule is CC(C)NC(=O)c1cccc2c1CCCN2Cc1ccc(C(N)=O)cc1. The van der Waals surface area contributed by atoms with Gasteiger partial charge in [-0.05, 0) is 62.1 Å². The lowest BCUT2D eigenvalue weighted by Gasteiger charge is -2.32. The molecular weight excluding hydrogens is 326 g/mol. The van der Waals surface area contributed by atoms with Crippen LogP contribution in [0.3, 0.4) is 0 Å². The standard InChI is InChI=1S/C21H25N3O2/c1-14(2)23-21(26)18-5-3-7-19-17(18)6-4-12-24(19)13-15-8-10-16(11-9-15)20(22)25/h3,5,7-11,14H,4,6,12-13H2,1-2H3,(H2,22,25)(H,23,26). The number of carbonyl (C=O) groups excluding carboxylic acids is 2. The predicted octanol–water partition coefficient (Wildman–Crippen LogP) is 2.88. The largest absolute Gasteiger partial charge is 0.367 e. The Hall–Kier alpha value is -2.82. The number of primary amides is 1. The summed E-state index contributed by atoms with van der Waals surface area (Å²) < 4.78 is 0. The second kappa shape index (κ2) is 7.60. The molecule has 1 heterocycles. The summed E-state index contributed by atoms with van der Waals surface area (Å²) in [5.41, 5.74) is 9.93. The van der Waals surface area contributed by atoms with E-state index < -0.39 is 5.91 Å². The van der Waals surface area contributed by atoms with Crippen LogP contribution in [-0.2, 0) is 13.0 Å². The molecular formula is C21H25N3O2. The van der Waals surface area contributed by atoms with Crippen LogP contribution in [0.25, 0.3) is 0 Å². The number of amides is 2. The lowest BCUT2D eigenvalue weighted by atomic mass is 9.95. The van der Waals surface area contributed by atoms with Gasteiger partial charge in [0.2, 0.25) is 5.91 Å². The van der Waals surface area contributed by atoms with Crippen LogP contribution in [0.4, 0.5) is 5.69 Å². The quantitative estimate of drug-likeness (QED) is 0.870. The van der Waals surface area contributed by atoms with Gasteiger partial charge in [0, 0.05) is 35.9 Å². The van der Waals surface area contributed by atoms with Crippen molar-refractivity contribution in [2.75, 3.05) is 11.4 Å². The highest BCUT2D eigenvalue weighted by atomic mass is 16.2. The summed E-state index contributed by atoms with van der Waals surface area (Å²) in [6.45, 7) is 5.62. The molecule has 0 fully saturated rings. The Labute approximate surface area is 154 Å². The molecule has 5 heteroatoms. The molecule has 2 aromatic rings. The van der Waals surface area contributed by atoms with Crippen molar-refractivity contribution in [1.82, 2.24) is 5.32 Å². The summed E-state index contributed by atoms with van der Waals surface area (Å²) in [6, 6.07) is 13.4. The first-order chi connectivity index (χ1) is 12.5. The molecule has 1 aliphatic heterocycles. The van der Waals surface area contributed by atoms with Crippen LogP contribution in [0.15, 0.2) is 42.5 Å². The van der Waals surface area contributed by atoms with Crippen molar-refractivity contribution in [3.63, 3.8) is 0 Å². The summed E-state index contributed by atoms with van der Waals surface area (Å²) in [4.78, 5) is 26.0. The van der Waals surface area contributed by atoms with Gasteiger partial charge in [-0.2, -0.15) is 0 Å². The normalized spacial score (nSPS) is 13.4. The molecule has 0 bridgehead atoms. The van der Waals surface area contributed by atoms with Crippen molar-refractivity contribution in [2.24, 2.45) is 5.73 Å². The lowest BCUT2D eigenvalue weighted by Crippen LogP contribution is -2.33. The first kappa shape index (κ1) is 18.0. The third kappa shape index (κ3) is 3.87. The van der Waals surface area contributed by atoms with Crippen LogP contribution < -0.4 is 16.0 Å². The monoisotopic (exact) mass is 351 g/mol. The molecule has 3 rings (SSSR count). The summed E-state index contributed by atoms with van der Waals surface area (Å²) in [6.07, 6.45) is 1.92. The molecule has 0 aliphatic carbocycles. The minimum absolute atomic E-state index is 0.00971. The van der Waals surface area contributed by atoms with Crippen LogP contribution in [0.1, 0.15) is 52.1 Å². The fourth-order valence-corrected chi connectivity index (χ4v) is 3.41. The molecule has 0 spiro atoms. The second-order valence-electron chi connectivity index (χ2n) is 7.02. The van der Waals surface area contributed by atoms with E-state index in [9.17, 15) is 9.59 Å². The van der Waals surface area contributed by atoms with Gasteiger partial charge in [0.05, 0.1) is 0 Å². The Morgan fingerprint density at radius 1 is 1.15 bits per heavy atom. The average Bonchev–Trinajstić information content (AvgIpc) is 2.61. The van der Waals surface area contributed by atoms with Crippen LogP contribution >= 0.6 is 0 Å². The molecule has 1 aliphatic rings. The number of hydrogen-bond donors (Lipinski definition) is 2. The van der Waals surface area contributed by atoms with Crippen LogP contribution in [0, 0.1) is 0 Å². The van der Waals surface area contributed by atoms with Crippen molar-refractivity contribution in [2.45, 2.75) is 39.3 Å². The first-order valence-electron chi connectivity index (χ1n) is 9.02. The minimum Gasteiger partial charge on any atom is -0.367 e. The molecule has 0 saturated carbocycles.